The summed E-state index contributed by atoms with van der Waals surface area (Å²) in [5.74, 6) is 1.48. The van der Waals surface area contributed by atoms with Crippen molar-refractivity contribution in [2.75, 3.05) is 20.2 Å². The van der Waals surface area contributed by atoms with Crippen LogP contribution in [-0.2, 0) is 4.74 Å². The number of nitrogens with two attached hydrogens (primary N) is 1. The van der Waals surface area contributed by atoms with Crippen molar-refractivity contribution >= 4 is 15.9 Å². The molecule has 0 bridgehead atoms. The lowest BCUT2D eigenvalue weighted by molar-refractivity contribution is 0.184. The average Bonchev–Trinajstić information content (AvgIpc) is 2.71. The van der Waals surface area contributed by atoms with Crippen LogP contribution in [0.25, 0.3) is 0 Å². The van der Waals surface area contributed by atoms with Crippen molar-refractivity contribution in [1.82, 2.24) is 4.90 Å². The summed E-state index contributed by atoms with van der Waals surface area (Å²) in [4.78, 5) is 2.08. The summed E-state index contributed by atoms with van der Waals surface area (Å²) in [6.45, 7) is 3.68. The van der Waals surface area contributed by atoms with Crippen LogP contribution in [0.3, 0.4) is 0 Å². The minimum absolute atomic E-state index is 0.0861. The second kappa shape index (κ2) is 3.83. The standard InChI is InChI=1S/C11H17BrN2O/c1-8-4-11(8,13)7-15-10-3-9(12)5-14(2)6-10/h3,6,8H,4-5,7,13H2,1-2H3/t8-,11+/m0/s1. The van der Waals surface area contributed by atoms with Gasteiger partial charge < -0.3 is 15.4 Å². The van der Waals surface area contributed by atoms with Gasteiger partial charge in [-0.3, -0.25) is 0 Å². The van der Waals surface area contributed by atoms with Crippen LogP contribution in [0.1, 0.15) is 13.3 Å². The maximum Gasteiger partial charge on any atom is 0.136 e. The second-order valence-corrected chi connectivity index (χ2v) is 5.68. The van der Waals surface area contributed by atoms with E-state index in [1.54, 1.807) is 0 Å². The predicted octanol–water partition coefficient (Wildman–Crippen LogP) is 1.81. The zero-order valence-corrected chi connectivity index (χ0v) is 10.8. The monoisotopic (exact) mass is 272 g/mol. The molecule has 4 heteroatoms. The number of hydrogen-bond donors (Lipinski definition) is 1. The Morgan fingerprint density at radius 1 is 1.73 bits per heavy atom. The molecule has 0 radical (unpaired) electrons. The van der Waals surface area contributed by atoms with Gasteiger partial charge in [0.25, 0.3) is 0 Å². The molecule has 15 heavy (non-hydrogen) atoms. The number of likely N-dealkylation sites (N-methyl/N-ethyl adjacent to an activating group) is 1. The van der Waals surface area contributed by atoms with Crippen LogP contribution in [-0.4, -0.2) is 30.6 Å². The molecule has 0 aromatic carbocycles. The molecule has 2 atom stereocenters. The molecule has 1 fully saturated rings. The summed E-state index contributed by atoms with van der Waals surface area (Å²) in [6, 6.07) is 0. The van der Waals surface area contributed by atoms with Crippen molar-refractivity contribution in [1.29, 1.82) is 0 Å². The fourth-order valence-corrected chi connectivity index (χ4v) is 2.37. The number of ether oxygens (including phenoxy) is 1. The molecule has 2 N–H and O–H groups in total. The first-order valence-electron chi connectivity index (χ1n) is 5.19. The van der Waals surface area contributed by atoms with Gasteiger partial charge in [-0.25, -0.2) is 0 Å². The van der Waals surface area contributed by atoms with Crippen molar-refractivity contribution in [2.24, 2.45) is 11.7 Å². The van der Waals surface area contributed by atoms with Gasteiger partial charge in [-0.1, -0.05) is 22.9 Å². The third-order valence-corrected chi connectivity index (χ3v) is 3.54. The van der Waals surface area contributed by atoms with Crippen LogP contribution >= 0.6 is 15.9 Å². The number of rotatable bonds is 3. The van der Waals surface area contributed by atoms with Gasteiger partial charge in [-0.15, -0.1) is 0 Å². The summed E-state index contributed by atoms with van der Waals surface area (Å²) < 4.78 is 6.85. The highest BCUT2D eigenvalue weighted by Gasteiger charge is 2.48. The van der Waals surface area contributed by atoms with Crippen LogP contribution in [0.2, 0.25) is 0 Å². The van der Waals surface area contributed by atoms with E-state index >= 15 is 0 Å². The second-order valence-electron chi connectivity index (χ2n) is 4.66. The van der Waals surface area contributed by atoms with Gasteiger partial charge in [-0.05, 0) is 18.4 Å². The Balaban J connectivity index is 1.90. The molecule has 0 amide bonds. The Bertz CT molecular complexity index is 327. The lowest BCUT2D eigenvalue weighted by Gasteiger charge is -2.22. The van der Waals surface area contributed by atoms with Crippen LogP contribution in [0.15, 0.2) is 22.5 Å². The molecule has 1 saturated carbocycles. The number of halogens is 1. The summed E-state index contributed by atoms with van der Waals surface area (Å²) in [5.41, 5.74) is 5.99. The minimum atomic E-state index is -0.0861. The third kappa shape index (κ3) is 2.55. The summed E-state index contributed by atoms with van der Waals surface area (Å²) in [5, 5.41) is 0. The Morgan fingerprint density at radius 3 is 2.93 bits per heavy atom. The molecular formula is C11H17BrN2O. The SMILES string of the molecule is C[C@H]1C[C@@]1(N)COC1=CN(C)CC(Br)=C1. The first kappa shape index (κ1) is 11.0. The quantitative estimate of drug-likeness (QED) is 0.852. The first-order valence-corrected chi connectivity index (χ1v) is 5.99. The van der Waals surface area contributed by atoms with E-state index in [1.807, 2.05) is 19.3 Å². The molecule has 1 heterocycles. The van der Waals surface area contributed by atoms with Gasteiger partial charge >= 0.3 is 0 Å². The normalized spacial score (nSPS) is 34.7. The van der Waals surface area contributed by atoms with Crippen molar-refractivity contribution in [3.8, 4) is 0 Å². The highest BCUT2D eigenvalue weighted by Crippen LogP contribution is 2.40. The molecule has 0 aromatic heterocycles. The van der Waals surface area contributed by atoms with Gasteiger partial charge in [0, 0.05) is 24.3 Å². The molecule has 3 nitrogen and oxygen atoms in total. The highest BCUT2D eigenvalue weighted by atomic mass is 79.9. The zero-order valence-electron chi connectivity index (χ0n) is 9.16. The van der Waals surface area contributed by atoms with Crippen molar-refractivity contribution in [2.45, 2.75) is 18.9 Å². The fraction of sp³-hybridized carbons (Fsp3) is 0.636. The molecule has 0 spiro atoms. The lowest BCUT2D eigenvalue weighted by atomic mass is 10.2. The molecule has 2 rings (SSSR count). The molecule has 0 saturated heterocycles. The van der Waals surface area contributed by atoms with Crippen LogP contribution in [0.5, 0.6) is 0 Å². The molecule has 0 aromatic rings. The van der Waals surface area contributed by atoms with Gasteiger partial charge in [-0.2, -0.15) is 0 Å². The van der Waals surface area contributed by atoms with E-state index in [4.69, 9.17) is 10.5 Å². The maximum atomic E-state index is 6.08. The fourth-order valence-electron chi connectivity index (χ4n) is 1.75. The van der Waals surface area contributed by atoms with Gasteiger partial charge in [0.05, 0.1) is 5.54 Å². The Hall–Kier alpha value is -0.480. The summed E-state index contributed by atoms with van der Waals surface area (Å²) >= 11 is 3.48. The molecule has 2 aliphatic rings. The topological polar surface area (TPSA) is 38.5 Å². The van der Waals surface area contributed by atoms with Gasteiger partial charge in [0.2, 0.25) is 0 Å². The molecule has 0 unspecified atom stereocenters. The Kier molecular flexibility index (Phi) is 2.81. The smallest absolute Gasteiger partial charge is 0.136 e. The number of hydrogen-bond acceptors (Lipinski definition) is 3. The van der Waals surface area contributed by atoms with Gasteiger partial charge in [0.1, 0.15) is 12.4 Å². The van der Waals surface area contributed by atoms with E-state index in [-0.39, 0.29) is 5.54 Å². The van der Waals surface area contributed by atoms with Crippen LogP contribution < -0.4 is 5.73 Å². The summed E-state index contributed by atoms with van der Waals surface area (Å²) in [6.07, 6.45) is 5.08. The van der Waals surface area contributed by atoms with Crippen molar-refractivity contribution in [3.05, 3.63) is 22.5 Å². The molecule has 84 valence electrons. The summed E-state index contributed by atoms with van der Waals surface area (Å²) in [7, 11) is 2.02. The van der Waals surface area contributed by atoms with E-state index in [9.17, 15) is 0 Å². The number of allylic oxidation sites excluding steroid dienone is 1. The number of nitrogens with zero attached hydrogens (tertiary/aromatic N) is 1. The Labute approximate surface area is 99.1 Å². The molecular weight excluding hydrogens is 256 g/mol. The first-order chi connectivity index (χ1) is 6.99. The minimum Gasteiger partial charge on any atom is -0.490 e. The third-order valence-electron chi connectivity index (χ3n) is 3.06. The highest BCUT2D eigenvalue weighted by molar-refractivity contribution is 9.11. The van der Waals surface area contributed by atoms with Crippen LogP contribution in [0.4, 0.5) is 0 Å². The van der Waals surface area contributed by atoms with Crippen molar-refractivity contribution < 1.29 is 4.74 Å². The Morgan fingerprint density at radius 2 is 2.40 bits per heavy atom. The van der Waals surface area contributed by atoms with E-state index in [0.717, 1.165) is 23.2 Å². The predicted molar refractivity (Wildman–Crippen MR) is 64.4 cm³/mol. The van der Waals surface area contributed by atoms with E-state index in [2.05, 4.69) is 27.8 Å². The molecule has 1 aliphatic heterocycles. The molecule has 1 aliphatic carbocycles. The van der Waals surface area contributed by atoms with E-state index < -0.39 is 0 Å². The van der Waals surface area contributed by atoms with E-state index in [0.29, 0.717) is 12.5 Å². The lowest BCUT2D eigenvalue weighted by Crippen LogP contribution is -2.31. The van der Waals surface area contributed by atoms with Gasteiger partial charge in [0.15, 0.2) is 0 Å². The zero-order chi connectivity index (χ0) is 11.1. The average molecular weight is 273 g/mol. The van der Waals surface area contributed by atoms with Crippen LogP contribution in [0, 0.1) is 5.92 Å². The largest absolute Gasteiger partial charge is 0.490 e. The van der Waals surface area contributed by atoms with Crippen molar-refractivity contribution in [3.63, 3.8) is 0 Å². The maximum absolute atomic E-state index is 6.08. The van der Waals surface area contributed by atoms with E-state index in [1.165, 1.54) is 0 Å².